The summed E-state index contributed by atoms with van der Waals surface area (Å²) in [5, 5.41) is 3.94. The van der Waals surface area contributed by atoms with E-state index in [4.69, 9.17) is 9.26 Å². The maximum absolute atomic E-state index is 12.1. The average molecular weight is 357 g/mol. The number of carbonyl (C=O) groups excluding carboxylic acids is 1. The number of hydrogen-bond donors (Lipinski definition) is 0. The highest BCUT2D eigenvalue weighted by molar-refractivity contribution is 7.90. The summed E-state index contributed by atoms with van der Waals surface area (Å²) in [4.78, 5) is 12.2. The summed E-state index contributed by atoms with van der Waals surface area (Å²) in [7, 11) is -3.39. The van der Waals surface area contributed by atoms with Crippen LogP contribution in [0.1, 0.15) is 16.1 Å². The van der Waals surface area contributed by atoms with Gasteiger partial charge in [-0.15, -0.1) is 0 Å². The van der Waals surface area contributed by atoms with Crippen molar-refractivity contribution in [2.45, 2.75) is 11.5 Å². The summed E-state index contributed by atoms with van der Waals surface area (Å²) in [6.45, 7) is -0.0955. The van der Waals surface area contributed by atoms with Crippen LogP contribution >= 0.6 is 0 Å². The largest absolute Gasteiger partial charge is 0.454 e. The molecule has 0 fully saturated rings. The molecule has 0 amide bonds. The van der Waals surface area contributed by atoms with Gasteiger partial charge in [0.1, 0.15) is 5.69 Å². The van der Waals surface area contributed by atoms with Gasteiger partial charge in [0.05, 0.1) is 10.5 Å². The van der Waals surface area contributed by atoms with Gasteiger partial charge in [-0.1, -0.05) is 41.6 Å². The predicted octanol–water partition coefficient (Wildman–Crippen LogP) is 3.10. The van der Waals surface area contributed by atoms with Crippen molar-refractivity contribution in [3.05, 3.63) is 72.0 Å². The minimum Gasteiger partial charge on any atom is -0.454 e. The lowest BCUT2D eigenvalue weighted by atomic mass is 10.1. The van der Waals surface area contributed by atoms with Gasteiger partial charge in [0, 0.05) is 17.9 Å². The van der Waals surface area contributed by atoms with Gasteiger partial charge in [0.15, 0.2) is 22.2 Å². The zero-order valence-electron chi connectivity index (χ0n) is 13.4. The quantitative estimate of drug-likeness (QED) is 0.652. The molecule has 0 aliphatic heterocycles. The molecule has 0 bridgehead atoms. The van der Waals surface area contributed by atoms with E-state index in [9.17, 15) is 13.2 Å². The topological polar surface area (TPSA) is 86.5 Å². The maximum atomic E-state index is 12.1. The second-order valence-electron chi connectivity index (χ2n) is 5.42. The first-order valence-electron chi connectivity index (χ1n) is 7.42. The Hall–Kier alpha value is -2.93. The minimum absolute atomic E-state index is 0.0629. The Balaban J connectivity index is 1.68. The zero-order valence-corrected chi connectivity index (χ0v) is 14.2. The van der Waals surface area contributed by atoms with E-state index in [-0.39, 0.29) is 17.1 Å². The average Bonchev–Trinajstić information content (AvgIpc) is 3.09. The van der Waals surface area contributed by atoms with Crippen molar-refractivity contribution in [1.82, 2.24) is 5.16 Å². The molecular weight excluding hydrogens is 342 g/mol. The fraction of sp³-hybridized carbons (Fsp3) is 0.111. The molecule has 3 rings (SSSR count). The van der Waals surface area contributed by atoms with E-state index in [0.717, 1.165) is 11.8 Å². The molecule has 0 atom stereocenters. The molecular formula is C18H15NO5S. The van der Waals surface area contributed by atoms with Crippen LogP contribution in [0.5, 0.6) is 0 Å². The van der Waals surface area contributed by atoms with Crippen LogP contribution in [0.25, 0.3) is 11.3 Å². The van der Waals surface area contributed by atoms with E-state index in [2.05, 4.69) is 5.16 Å². The Kier molecular flexibility index (Phi) is 4.67. The number of carbonyl (C=O) groups is 1. The van der Waals surface area contributed by atoms with Crippen LogP contribution in [0.15, 0.2) is 70.1 Å². The molecule has 0 N–H and O–H groups in total. The molecule has 0 saturated heterocycles. The smallest absolute Gasteiger partial charge is 0.338 e. The summed E-state index contributed by atoms with van der Waals surface area (Å²) >= 11 is 0. The number of benzene rings is 2. The first-order chi connectivity index (χ1) is 11.9. The Bertz CT molecular complexity index is 993. The molecule has 3 aromatic rings. The van der Waals surface area contributed by atoms with Crippen LogP contribution in [-0.4, -0.2) is 25.8 Å². The number of esters is 1. The molecule has 0 spiro atoms. The Morgan fingerprint density at radius 2 is 1.84 bits per heavy atom. The minimum atomic E-state index is -3.39. The molecule has 1 aromatic heterocycles. The van der Waals surface area contributed by atoms with Crippen LogP contribution in [0, 0.1) is 0 Å². The van der Waals surface area contributed by atoms with Gasteiger partial charge in [-0.3, -0.25) is 0 Å². The molecule has 25 heavy (non-hydrogen) atoms. The molecule has 0 saturated carbocycles. The summed E-state index contributed by atoms with van der Waals surface area (Å²) < 4.78 is 33.4. The number of aromatic nitrogens is 1. The number of sulfone groups is 1. The molecule has 6 nitrogen and oxygen atoms in total. The van der Waals surface area contributed by atoms with Crippen LogP contribution in [0.2, 0.25) is 0 Å². The third-order valence-corrected chi connectivity index (χ3v) is 4.58. The number of hydrogen-bond acceptors (Lipinski definition) is 6. The van der Waals surface area contributed by atoms with Crippen molar-refractivity contribution >= 4 is 15.8 Å². The van der Waals surface area contributed by atoms with Gasteiger partial charge in [-0.2, -0.15) is 0 Å². The Morgan fingerprint density at radius 3 is 2.56 bits per heavy atom. The van der Waals surface area contributed by atoms with Crippen molar-refractivity contribution in [3.8, 4) is 11.3 Å². The lowest BCUT2D eigenvalue weighted by molar-refractivity contribution is 0.0437. The van der Waals surface area contributed by atoms with Crippen LogP contribution in [0.4, 0.5) is 0 Å². The standard InChI is InChI=1S/C18H15NO5S/c1-25(21,22)16-9-5-8-14(10-16)18(20)23-12-15-11-17(19-24-15)13-6-3-2-4-7-13/h2-11H,12H2,1H3. The molecule has 0 aliphatic rings. The molecule has 1 heterocycles. The highest BCUT2D eigenvalue weighted by Crippen LogP contribution is 2.19. The normalized spacial score (nSPS) is 11.2. The van der Waals surface area contributed by atoms with E-state index in [1.54, 1.807) is 6.07 Å². The number of ether oxygens (including phenoxy) is 1. The molecule has 0 unspecified atom stereocenters. The maximum Gasteiger partial charge on any atom is 0.338 e. The van der Waals surface area contributed by atoms with Gasteiger partial charge >= 0.3 is 5.97 Å². The lowest BCUT2D eigenvalue weighted by Crippen LogP contribution is -2.06. The highest BCUT2D eigenvalue weighted by Gasteiger charge is 2.14. The summed E-state index contributed by atoms with van der Waals surface area (Å²) in [5.74, 6) is -0.241. The molecule has 0 aliphatic carbocycles. The van der Waals surface area contributed by atoms with E-state index in [1.807, 2.05) is 30.3 Å². The lowest BCUT2D eigenvalue weighted by Gasteiger charge is -2.04. The second kappa shape index (κ2) is 6.90. The van der Waals surface area contributed by atoms with E-state index < -0.39 is 15.8 Å². The SMILES string of the molecule is CS(=O)(=O)c1cccc(C(=O)OCc2cc(-c3ccccc3)no2)c1. The summed E-state index contributed by atoms with van der Waals surface area (Å²) in [6.07, 6.45) is 1.08. The van der Waals surface area contributed by atoms with Gasteiger partial charge in [-0.25, -0.2) is 13.2 Å². The third kappa shape index (κ3) is 4.13. The molecule has 7 heteroatoms. The number of rotatable bonds is 5. The van der Waals surface area contributed by atoms with Crippen LogP contribution in [-0.2, 0) is 21.2 Å². The van der Waals surface area contributed by atoms with E-state index in [1.165, 1.54) is 24.3 Å². The Morgan fingerprint density at radius 1 is 1.08 bits per heavy atom. The van der Waals surface area contributed by atoms with Crippen LogP contribution in [0.3, 0.4) is 0 Å². The first kappa shape index (κ1) is 16.9. The summed E-state index contributed by atoms with van der Waals surface area (Å²) in [6, 6.07) is 16.8. The Labute approximate surface area is 145 Å². The molecule has 128 valence electrons. The van der Waals surface area contributed by atoms with E-state index in [0.29, 0.717) is 11.5 Å². The van der Waals surface area contributed by atoms with Crippen LogP contribution < -0.4 is 0 Å². The zero-order chi connectivity index (χ0) is 17.9. The van der Waals surface area contributed by atoms with Gasteiger partial charge in [-0.05, 0) is 18.2 Å². The fourth-order valence-electron chi connectivity index (χ4n) is 2.20. The van der Waals surface area contributed by atoms with Crippen molar-refractivity contribution < 1.29 is 22.5 Å². The van der Waals surface area contributed by atoms with Crippen molar-refractivity contribution in [2.75, 3.05) is 6.26 Å². The van der Waals surface area contributed by atoms with E-state index >= 15 is 0 Å². The molecule has 2 aromatic carbocycles. The first-order valence-corrected chi connectivity index (χ1v) is 9.31. The molecule has 0 radical (unpaired) electrons. The highest BCUT2D eigenvalue weighted by atomic mass is 32.2. The van der Waals surface area contributed by atoms with Gasteiger partial charge < -0.3 is 9.26 Å². The monoisotopic (exact) mass is 357 g/mol. The third-order valence-electron chi connectivity index (χ3n) is 3.47. The number of nitrogens with zero attached hydrogens (tertiary/aromatic N) is 1. The fourth-order valence-corrected chi connectivity index (χ4v) is 2.87. The second-order valence-corrected chi connectivity index (χ2v) is 7.44. The van der Waals surface area contributed by atoms with Crippen molar-refractivity contribution in [3.63, 3.8) is 0 Å². The summed E-state index contributed by atoms with van der Waals surface area (Å²) in [5.41, 5.74) is 1.70. The van der Waals surface area contributed by atoms with Crippen molar-refractivity contribution in [1.29, 1.82) is 0 Å². The predicted molar refractivity (Wildman–Crippen MR) is 90.6 cm³/mol. The van der Waals surface area contributed by atoms with Gasteiger partial charge in [0.2, 0.25) is 0 Å². The van der Waals surface area contributed by atoms with Crippen molar-refractivity contribution in [2.24, 2.45) is 0 Å². The van der Waals surface area contributed by atoms with Gasteiger partial charge in [0.25, 0.3) is 0 Å².